The third-order valence-corrected chi connectivity index (χ3v) is 8.40. The lowest BCUT2D eigenvalue weighted by Crippen LogP contribution is -3.00. The van der Waals surface area contributed by atoms with Crippen LogP contribution >= 0.6 is 22.7 Å². The summed E-state index contributed by atoms with van der Waals surface area (Å²) in [5.41, 5.74) is -1.85. The summed E-state index contributed by atoms with van der Waals surface area (Å²) in [5, 5.41) is 15.0. The molecule has 1 N–H and O–H groups in total. The lowest BCUT2D eigenvalue weighted by Gasteiger charge is -2.52. The monoisotopic (exact) mass is 539 g/mol. The maximum atomic E-state index is 13.2. The number of carbonyl (C=O) groups is 1. The molecule has 3 saturated heterocycles. The number of quaternary nitrogens is 1. The molecule has 0 saturated carbocycles. The Morgan fingerprint density at radius 1 is 1.13 bits per heavy atom. The molecule has 5 heterocycles. The van der Waals surface area contributed by atoms with E-state index in [2.05, 4.69) is 0 Å². The normalized spacial score (nSPS) is 25.8. The molecule has 2 aromatic rings. The minimum atomic E-state index is -4.14. The van der Waals surface area contributed by atoms with Crippen molar-refractivity contribution in [2.45, 2.75) is 43.6 Å². The summed E-state index contributed by atoms with van der Waals surface area (Å²) in [6.45, 7) is 2.63. The number of hydrogen-bond donors (Lipinski definition) is 1. The maximum Gasteiger partial charge on any atom is 0.389 e. The second-order valence-corrected chi connectivity index (χ2v) is 10.3. The van der Waals surface area contributed by atoms with Gasteiger partial charge in [0, 0.05) is 31.6 Å². The van der Waals surface area contributed by atoms with Gasteiger partial charge >= 0.3 is 12.1 Å². The van der Waals surface area contributed by atoms with Crippen molar-refractivity contribution >= 4 is 28.6 Å². The molecule has 3 fully saturated rings. The van der Waals surface area contributed by atoms with Gasteiger partial charge in [0.05, 0.1) is 29.4 Å². The van der Waals surface area contributed by atoms with Crippen LogP contribution in [0.3, 0.4) is 0 Å². The van der Waals surface area contributed by atoms with Crippen molar-refractivity contribution in [3.8, 4) is 0 Å². The van der Waals surface area contributed by atoms with Crippen LogP contribution in [0, 0.1) is 5.92 Å². The Kier molecular flexibility index (Phi) is 7.57. The molecule has 0 amide bonds. The van der Waals surface area contributed by atoms with Crippen molar-refractivity contribution in [1.82, 2.24) is 0 Å². The molecule has 0 unspecified atom stereocenters. The van der Waals surface area contributed by atoms with Gasteiger partial charge in [-0.15, -0.1) is 22.7 Å². The van der Waals surface area contributed by atoms with Crippen LogP contribution in [0.1, 0.15) is 35.4 Å². The number of ether oxygens (including phenoxy) is 1. The van der Waals surface area contributed by atoms with Crippen molar-refractivity contribution in [3.05, 3.63) is 44.8 Å². The van der Waals surface area contributed by atoms with E-state index in [0.29, 0.717) is 27.3 Å². The number of fused-ring (bicyclic) bond motifs is 3. The second-order valence-electron chi connectivity index (χ2n) is 8.36. The predicted molar refractivity (Wildman–Crippen MR) is 109 cm³/mol. The Labute approximate surface area is 198 Å². The van der Waals surface area contributed by atoms with Crippen molar-refractivity contribution in [1.29, 1.82) is 0 Å². The molecule has 2 aromatic heterocycles. The van der Waals surface area contributed by atoms with E-state index in [0.717, 1.165) is 25.9 Å². The molecule has 1 atom stereocenters. The molecule has 4 nitrogen and oxygen atoms in total. The van der Waals surface area contributed by atoms with Crippen LogP contribution in [-0.2, 0) is 15.1 Å². The van der Waals surface area contributed by atoms with E-state index in [1.165, 1.54) is 22.7 Å². The maximum absolute atomic E-state index is 13.2. The fraction of sp³-hybridized carbons (Fsp3) is 0.571. The first-order valence-corrected chi connectivity index (χ1v) is 11.9. The lowest BCUT2D eigenvalue weighted by molar-refractivity contribution is -0.946. The van der Waals surface area contributed by atoms with Crippen molar-refractivity contribution in [3.63, 3.8) is 0 Å². The first-order chi connectivity index (χ1) is 14.2. The molecule has 10 heteroatoms. The van der Waals surface area contributed by atoms with Crippen LogP contribution in [0.2, 0.25) is 0 Å². The number of thiophene rings is 2. The number of halogens is 4. The molecule has 3 aliphatic heterocycles. The smallest absolute Gasteiger partial charge is 0.389 e. The Morgan fingerprint density at radius 2 is 1.71 bits per heavy atom. The van der Waals surface area contributed by atoms with Crippen molar-refractivity contribution < 1.29 is 49.3 Å². The Balaban J connectivity index is 0.00000272. The summed E-state index contributed by atoms with van der Waals surface area (Å²) in [6.07, 6.45) is -3.55. The third-order valence-electron chi connectivity index (χ3n) is 6.44. The fourth-order valence-electron chi connectivity index (χ4n) is 4.80. The zero-order valence-corrected chi connectivity index (χ0v) is 20.0. The summed E-state index contributed by atoms with van der Waals surface area (Å²) in [6, 6.07) is 6.99. The average Bonchev–Trinajstić information content (AvgIpc) is 3.41. The molecule has 5 rings (SSSR count). The highest BCUT2D eigenvalue weighted by Gasteiger charge is 2.51. The van der Waals surface area contributed by atoms with Gasteiger partial charge in [-0.1, -0.05) is 12.1 Å². The third kappa shape index (κ3) is 5.19. The first kappa shape index (κ1) is 24.7. The van der Waals surface area contributed by atoms with E-state index in [-0.39, 0.29) is 35.4 Å². The molecule has 3 aliphatic rings. The standard InChI is InChI=1S/C21H25F3NO3S2.BrH/c22-20(23,24)8-3-9-25-10-6-15(7-11-25)16(14-25)28-19(26)21(27,17-4-1-12-29-17)18-5-2-13-30-18;/h1-2,4-5,12-13,15-16,27H,3,6-11,14H2;1H/q+1;/p-1/t15?,16-,25?;/m0./s1. The predicted octanol–water partition coefficient (Wildman–Crippen LogP) is 1.54. The van der Waals surface area contributed by atoms with Crippen molar-refractivity contribution in [2.75, 3.05) is 26.2 Å². The summed E-state index contributed by atoms with van der Waals surface area (Å²) in [7, 11) is 0. The molecule has 31 heavy (non-hydrogen) atoms. The first-order valence-electron chi connectivity index (χ1n) is 10.2. The topological polar surface area (TPSA) is 46.5 Å². The van der Waals surface area contributed by atoms with Crippen LogP contribution in [0.25, 0.3) is 0 Å². The molecule has 2 bridgehead atoms. The highest BCUT2D eigenvalue weighted by atomic mass is 79.9. The molecule has 172 valence electrons. The summed E-state index contributed by atoms with van der Waals surface area (Å²) in [4.78, 5) is 14.3. The zero-order chi connectivity index (χ0) is 21.4. The number of esters is 1. The van der Waals surface area contributed by atoms with Crippen LogP contribution in [0.4, 0.5) is 13.2 Å². The van der Waals surface area contributed by atoms with Gasteiger partial charge in [0.25, 0.3) is 0 Å². The number of carbonyl (C=O) groups excluding carboxylic acids is 1. The van der Waals surface area contributed by atoms with Gasteiger partial charge < -0.3 is 31.3 Å². The van der Waals surface area contributed by atoms with Gasteiger partial charge in [0.2, 0.25) is 5.60 Å². The molecule has 0 spiro atoms. The minimum Gasteiger partial charge on any atom is -1.00 e. The van der Waals surface area contributed by atoms with E-state index in [4.69, 9.17) is 4.74 Å². The molecule has 0 aliphatic carbocycles. The summed E-state index contributed by atoms with van der Waals surface area (Å²) < 4.78 is 44.3. The van der Waals surface area contributed by atoms with Crippen LogP contribution in [0.15, 0.2) is 35.0 Å². The minimum absolute atomic E-state index is 0. The molecular formula is C21H25BrF3NO3S2. The average molecular weight is 540 g/mol. The number of nitrogens with zero attached hydrogens (tertiary/aromatic N) is 1. The van der Waals surface area contributed by atoms with Gasteiger partial charge in [0.15, 0.2) is 6.10 Å². The van der Waals surface area contributed by atoms with Crippen molar-refractivity contribution in [2.24, 2.45) is 5.92 Å². The second kappa shape index (κ2) is 9.51. The Hall–Kier alpha value is -0.940. The van der Waals surface area contributed by atoms with E-state index in [1.807, 2.05) is 0 Å². The lowest BCUT2D eigenvalue weighted by atomic mass is 9.83. The quantitative estimate of drug-likeness (QED) is 0.429. The number of rotatable bonds is 7. The van der Waals surface area contributed by atoms with Gasteiger partial charge in [0.1, 0.15) is 6.54 Å². The van der Waals surface area contributed by atoms with E-state index < -0.39 is 24.2 Å². The van der Waals surface area contributed by atoms with E-state index >= 15 is 0 Å². The van der Waals surface area contributed by atoms with E-state index in [1.54, 1.807) is 35.0 Å². The largest absolute Gasteiger partial charge is 1.00 e. The molecule has 0 radical (unpaired) electrons. The Morgan fingerprint density at radius 3 is 2.19 bits per heavy atom. The highest BCUT2D eigenvalue weighted by molar-refractivity contribution is 7.12. The number of alkyl halides is 3. The molecular weight excluding hydrogens is 515 g/mol. The number of piperidine rings is 3. The highest BCUT2D eigenvalue weighted by Crippen LogP contribution is 2.40. The van der Waals surface area contributed by atoms with Gasteiger partial charge in [-0.3, -0.25) is 0 Å². The van der Waals surface area contributed by atoms with Gasteiger partial charge in [-0.2, -0.15) is 13.2 Å². The molecule has 0 aromatic carbocycles. The van der Waals surface area contributed by atoms with Gasteiger partial charge in [-0.25, -0.2) is 4.79 Å². The fourth-order valence-corrected chi connectivity index (χ4v) is 6.51. The van der Waals surface area contributed by atoms with E-state index in [9.17, 15) is 23.1 Å². The zero-order valence-electron chi connectivity index (χ0n) is 16.8. The number of aliphatic hydroxyl groups is 1. The van der Waals surface area contributed by atoms with Gasteiger partial charge in [-0.05, 0) is 22.9 Å². The Bertz CT molecular complexity index is 816. The van der Waals surface area contributed by atoms with Crippen LogP contribution in [-0.4, -0.2) is 54.0 Å². The SMILES string of the molecule is O=C(O[C@H]1C[N+]2(CCCC(F)(F)F)CCC1CC2)C(O)(c1cccs1)c1cccs1.[Br-]. The van der Waals surface area contributed by atoms with Crippen LogP contribution < -0.4 is 17.0 Å². The van der Waals surface area contributed by atoms with Crippen LogP contribution in [0.5, 0.6) is 0 Å². The summed E-state index contributed by atoms with van der Waals surface area (Å²) in [5.74, 6) is -0.493. The summed E-state index contributed by atoms with van der Waals surface area (Å²) >= 11 is 2.58. The number of hydrogen-bond acceptors (Lipinski definition) is 5.